The largest absolute Gasteiger partial charge is 0.512 e. The molecule has 34 heavy (non-hydrogen) atoms. The van der Waals surface area contributed by atoms with Crippen molar-refractivity contribution in [1.82, 2.24) is 0 Å². The number of unbranched alkanes of at least 4 members (excludes halogenated alkanes) is 3. The fourth-order valence-electron chi connectivity index (χ4n) is 5.29. The molecule has 2 aliphatic rings. The predicted octanol–water partition coefficient (Wildman–Crippen LogP) is 5.67. The average molecular weight is 481 g/mol. The number of esters is 2. The average Bonchev–Trinajstić information content (AvgIpc) is 2.77. The highest BCUT2D eigenvalue weighted by Gasteiger charge is 2.51. The number of carbonyl (C=O) groups is 2. The molecule has 194 valence electrons. The maximum atomic E-state index is 13.3. The molecule has 0 aliphatic heterocycles. The van der Waals surface area contributed by atoms with Gasteiger partial charge in [-0.15, -0.1) is 0 Å². The third-order valence-electron chi connectivity index (χ3n) is 7.29. The van der Waals surface area contributed by atoms with Crippen molar-refractivity contribution in [2.24, 2.45) is 17.3 Å². The Balaban J connectivity index is 2.33. The zero-order valence-corrected chi connectivity index (χ0v) is 21.5. The second-order valence-corrected chi connectivity index (χ2v) is 10.3. The Kier molecular flexibility index (Phi) is 10.5. The van der Waals surface area contributed by atoms with Gasteiger partial charge in [0, 0.05) is 18.4 Å². The molecule has 0 amide bonds. The van der Waals surface area contributed by atoms with Gasteiger partial charge in [-0.3, -0.25) is 9.59 Å². The number of aliphatic hydroxyl groups is 3. The zero-order chi connectivity index (χ0) is 25.5. The second-order valence-electron chi connectivity index (χ2n) is 10.3. The van der Waals surface area contributed by atoms with Crippen molar-refractivity contribution in [1.29, 1.82) is 0 Å². The van der Waals surface area contributed by atoms with E-state index in [0.717, 1.165) is 32.1 Å². The van der Waals surface area contributed by atoms with Crippen LogP contribution in [0.1, 0.15) is 98.8 Å². The van der Waals surface area contributed by atoms with Crippen LogP contribution in [-0.4, -0.2) is 45.6 Å². The molecule has 0 bridgehead atoms. The molecule has 0 heterocycles. The number of fused-ring (bicyclic) bond motifs is 1. The van der Waals surface area contributed by atoms with E-state index in [1.54, 1.807) is 6.92 Å². The van der Waals surface area contributed by atoms with E-state index in [-0.39, 0.29) is 24.4 Å². The summed E-state index contributed by atoms with van der Waals surface area (Å²) in [6, 6.07) is 0. The summed E-state index contributed by atoms with van der Waals surface area (Å²) in [6.45, 7) is 9.74. The van der Waals surface area contributed by atoms with Gasteiger partial charge in [-0.05, 0) is 32.3 Å². The highest BCUT2D eigenvalue weighted by atomic mass is 16.6. The molecule has 0 spiro atoms. The minimum absolute atomic E-state index is 0.00939. The Bertz CT molecular complexity index is 763. The van der Waals surface area contributed by atoms with Crippen LogP contribution in [0.5, 0.6) is 0 Å². The van der Waals surface area contributed by atoms with Crippen molar-refractivity contribution in [2.45, 2.75) is 117 Å². The lowest BCUT2D eigenvalue weighted by Gasteiger charge is -2.44. The quantitative estimate of drug-likeness (QED) is 0.243. The number of carbonyl (C=O) groups excluding carboxylic acids is 2. The second kappa shape index (κ2) is 12.6. The molecule has 7 nitrogen and oxygen atoms in total. The van der Waals surface area contributed by atoms with Crippen LogP contribution in [0.15, 0.2) is 23.2 Å². The predicted molar refractivity (Wildman–Crippen MR) is 130 cm³/mol. The van der Waals surface area contributed by atoms with Crippen molar-refractivity contribution >= 4 is 11.9 Å². The van der Waals surface area contributed by atoms with Gasteiger partial charge >= 0.3 is 11.9 Å². The first-order valence-corrected chi connectivity index (χ1v) is 13.0. The minimum Gasteiger partial charge on any atom is -0.512 e. The number of hydrogen-bond acceptors (Lipinski definition) is 7. The number of aliphatic hydroxyl groups excluding tert-OH is 3. The molecule has 0 saturated heterocycles. The van der Waals surface area contributed by atoms with Gasteiger partial charge in [0.25, 0.3) is 0 Å². The SMILES string of the molecule is CCCCCCC(=O)OC1C(C)C(O)=CC2=C(O)CC(O)C(OC(=O)C(C)(CCC)CCC)C21. The van der Waals surface area contributed by atoms with Crippen LogP contribution >= 0.6 is 0 Å². The summed E-state index contributed by atoms with van der Waals surface area (Å²) in [5.74, 6) is -2.21. The van der Waals surface area contributed by atoms with Crippen LogP contribution in [-0.2, 0) is 19.1 Å². The van der Waals surface area contributed by atoms with Crippen LogP contribution in [0, 0.1) is 17.3 Å². The topological polar surface area (TPSA) is 113 Å². The standard InChI is InChI=1S/C27H44O7/c1-6-9-10-11-12-22(31)33-24-17(4)19(28)15-18-20(29)16-21(30)25(23(18)24)34-26(32)27(5,13-7-2)14-8-3/h15,17,21,23-25,28-30H,6-14,16H2,1-5H3. The van der Waals surface area contributed by atoms with Crippen molar-refractivity contribution in [3.8, 4) is 0 Å². The van der Waals surface area contributed by atoms with E-state index in [0.29, 0.717) is 24.8 Å². The molecule has 0 aromatic rings. The van der Waals surface area contributed by atoms with Crippen LogP contribution in [0.2, 0.25) is 0 Å². The van der Waals surface area contributed by atoms with E-state index in [2.05, 4.69) is 6.92 Å². The Morgan fingerprint density at radius 1 is 1.00 bits per heavy atom. The van der Waals surface area contributed by atoms with E-state index in [1.165, 1.54) is 6.08 Å². The first-order valence-electron chi connectivity index (χ1n) is 13.0. The molecule has 0 aromatic heterocycles. The fourth-order valence-corrected chi connectivity index (χ4v) is 5.29. The summed E-state index contributed by atoms with van der Waals surface area (Å²) < 4.78 is 11.8. The van der Waals surface area contributed by atoms with Gasteiger partial charge in [0.1, 0.15) is 12.2 Å². The van der Waals surface area contributed by atoms with Crippen LogP contribution in [0.3, 0.4) is 0 Å². The first-order chi connectivity index (χ1) is 16.1. The highest BCUT2D eigenvalue weighted by molar-refractivity contribution is 5.76. The van der Waals surface area contributed by atoms with Gasteiger partial charge in [-0.25, -0.2) is 0 Å². The molecule has 5 unspecified atom stereocenters. The highest BCUT2D eigenvalue weighted by Crippen LogP contribution is 2.44. The monoisotopic (exact) mass is 480 g/mol. The Hall–Kier alpha value is -2.02. The molecule has 0 fully saturated rings. The molecule has 0 saturated carbocycles. The van der Waals surface area contributed by atoms with Crippen molar-refractivity contribution in [3.63, 3.8) is 0 Å². The van der Waals surface area contributed by atoms with Gasteiger partial charge in [-0.1, -0.05) is 59.8 Å². The van der Waals surface area contributed by atoms with Gasteiger partial charge in [0.2, 0.25) is 0 Å². The van der Waals surface area contributed by atoms with E-state index in [4.69, 9.17) is 9.47 Å². The number of ether oxygens (including phenoxy) is 2. The maximum Gasteiger partial charge on any atom is 0.312 e. The summed E-state index contributed by atoms with van der Waals surface area (Å²) in [6.07, 6.45) is 5.32. The van der Waals surface area contributed by atoms with Crippen molar-refractivity contribution in [2.75, 3.05) is 0 Å². The third kappa shape index (κ3) is 6.55. The Morgan fingerprint density at radius 3 is 2.24 bits per heavy atom. The van der Waals surface area contributed by atoms with E-state index in [9.17, 15) is 24.9 Å². The lowest BCUT2D eigenvalue weighted by atomic mass is 9.71. The minimum atomic E-state index is -1.14. The van der Waals surface area contributed by atoms with E-state index in [1.807, 2.05) is 20.8 Å². The number of rotatable bonds is 12. The molecule has 2 rings (SSSR count). The lowest BCUT2D eigenvalue weighted by molar-refractivity contribution is -0.181. The molecular weight excluding hydrogens is 436 g/mol. The molecule has 7 heteroatoms. The van der Waals surface area contributed by atoms with Crippen LogP contribution < -0.4 is 0 Å². The summed E-state index contributed by atoms with van der Waals surface area (Å²) in [5.41, 5.74) is -0.328. The van der Waals surface area contributed by atoms with Crippen molar-refractivity contribution < 1.29 is 34.4 Å². The lowest BCUT2D eigenvalue weighted by Crippen LogP contribution is -2.53. The van der Waals surface area contributed by atoms with Gasteiger partial charge < -0.3 is 24.8 Å². The summed E-state index contributed by atoms with van der Waals surface area (Å²) in [4.78, 5) is 26.0. The van der Waals surface area contributed by atoms with E-state index < -0.39 is 47.5 Å². The molecular formula is C27H44O7. The van der Waals surface area contributed by atoms with E-state index >= 15 is 0 Å². The number of allylic oxidation sites excluding steroid dienone is 1. The van der Waals surface area contributed by atoms with Crippen molar-refractivity contribution in [3.05, 3.63) is 23.2 Å². The van der Waals surface area contributed by atoms with Crippen LogP contribution in [0.25, 0.3) is 0 Å². The Labute approximate surface area is 204 Å². The molecule has 2 aliphatic carbocycles. The van der Waals surface area contributed by atoms with Crippen LogP contribution in [0.4, 0.5) is 0 Å². The third-order valence-corrected chi connectivity index (χ3v) is 7.29. The summed E-state index contributed by atoms with van der Waals surface area (Å²) in [7, 11) is 0. The maximum absolute atomic E-state index is 13.3. The normalized spacial score (nSPS) is 27.1. The summed E-state index contributed by atoms with van der Waals surface area (Å²) >= 11 is 0. The number of hydrogen-bond donors (Lipinski definition) is 3. The molecule has 0 radical (unpaired) electrons. The van der Waals surface area contributed by atoms with Gasteiger partial charge in [0.05, 0.1) is 34.9 Å². The zero-order valence-electron chi connectivity index (χ0n) is 21.5. The smallest absolute Gasteiger partial charge is 0.312 e. The molecule has 0 aromatic carbocycles. The fraction of sp³-hybridized carbons (Fsp3) is 0.778. The molecule has 3 N–H and O–H groups in total. The summed E-state index contributed by atoms with van der Waals surface area (Å²) in [5, 5.41) is 32.0. The molecule has 5 atom stereocenters. The first kappa shape index (κ1) is 28.2. The van der Waals surface area contributed by atoms with Gasteiger partial charge in [-0.2, -0.15) is 0 Å². The Morgan fingerprint density at radius 2 is 1.65 bits per heavy atom. The van der Waals surface area contributed by atoms with Gasteiger partial charge in [0.15, 0.2) is 0 Å².